The minimum absolute atomic E-state index is 0.109. The van der Waals surface area contributed by atoms with E-state index in [1.165, 1.54) is 83.5 Å². The van der Waals surface area contributed by atoms with Gasteiger partial charge >= 0.3 is 11.9 Å². The molecule has 0 saturated heterocycles. The van der Waals surface area contributed by atoms with E-state index in [1.807, 2.05) is 6.08 Å². The number of aliphatic hydroxyl groups excluding tert-OH is 3. The first-order chi connectivity index (χ1) is 21.4. The lowest BCUT2D eigenvalue weighted by Gasteiger charge is -2.16. The molecule has 0 aliphatic heterocycles. The number of hydrogen-bond donors (Lipinski definition) is 3. The quantitative estimate of drug-likeness (QED) is 0.0379. The molecule has 0 unspecified atom stereocenters. The van der Waals surface area contributed by atoms with Gasteiger partial charge in [0.1, 0.15) is 6.61 Å². The van der Waals surface area contributed by atoms with Crippen molar-refractivity contribution in [2.45, 2.75) is 199 Å². The van der Waals surface area contributed by atoms with Crippen LogP contribution >= 0.6 is 0 Å². The van der Waals surface area contributed by atoms with Gasteiger partial charge in [0.25, 0.3) is 0 Å². The van der Waals surface area contributed by atoms with Gasteiger partial charge < -0.3 is 24.8 Å². The predicted octanol–water partition coefficient (Wildman–Crippen LogP) is 8.89. The summed E-state index contributed by atoms with van der Waals surface area (Å²) >= 11 is 0. The van der Waals surface area contributed by atoms with Gasteiger partial charge in [-0.05, 0) is 38.5 Å². The molecule has 44 heavy (non-hydrogen) atoms. The highest BCUT2D eigenvalue weighted by Crippen LogP contribution is 2.15. The van der Waals surface area contributed by atoms with E-state index in [1.54, 1.807) is 0 Å². The summed E-state index contributed by atoms with van der Waals surface area (Å²) in [6.45, 7) is 3.94. The fraction of sp³-hybridized carbons (Fsp3) is 0.892. The lowest BCUT2D eigenvalue weighted by molar-refractivity contribution is -0.161. The van der Waals surface area contributed by atoms with Crippen LogP contribution in [0.5, 0.6) is 0 Å². The number of rotatable bonds is 33. The van der Waals surface area contributed by atoms with Crippen molar-refractivity contribution in [1.29, 1.82) is 0 Å². The molecule has 3 atom stereocenters. The summed E-state index contributed by atoms with van der Waals surface area (Å²) in [6.07, 6.45) is 28.6. The second-order valence-corrected chi connectivity index (χ2v) is 12.6. The Morgan fingerprint density at radius 2 is 1.07 bits per heavy atom. The Bertz CT molecular complexity index is 666. The highest BCUT2D eigenvalue weighted by Gasteiger charge is 2.16. The Morgan fingerprint density at radius 1 is 0.591 bits per heavy atom. The molecule has 7 nitrogen and oxygen atoms in total. The molecule has 7 heteroatoms. The molecule has 0 aromatic rings. The van der Waals surface area contributed by atoms with Gasteiger partial charge in [0, 0.05) is 12.8 Å². The number of carbonyl (C=O) groups is 2. The first-order valence-electron chi connectivity index (χ1n) is 18.4. The van der Waals surface area contributed by atoms with Crippen LogP contribution in [-0.4, -0.2) is 58.8 Å². The van der Waals surface area contributed by atoms with Gasteiger partial charge in [-0.1, -0.05) is 142 Å². The molecular formula is C37H70O7. The number of ether oxygens (including phenoxy) is 2. The van der Waals surface area contributed by atoms with Gasteiger partial charge in [-0.25, -0.2) is 0 Å². The van der Waals surface area contributed by atoms with E-state index < -0.39 is 24.3 Å². The van der Waals surface area contributed by atoms with Crippen molar-refractivity contribution >= 4 is 11.9 Å². The molecule has 0 aliphatic carbocycles. The number of aliphatic hydroxyl groups is 3. The second-order valence-electron chi connectivity index (χ2n) is 12.6. The topological polar surface area (TPSA) is 113 Å². The van der Waals surface area contributed by atoms with Crippen LogP contribution in [-0.2, 0) is 19.1 Å². The van der Waals surface area contributed by atoms with Crippen molar-refractivity contribution in [3.63, 3.8) is 0 Å². The average Bonchev–Trinajstić information content (AvgIpc) is 3.02. The minimum atomic E-state index is -0.822. The molecule has 0 saturated carbocycles. The molecule has 0 rings (SSSR count). The van der Waals surface area contributed by atoms with Crippen LogP contribution in [0.15, 0.2) is 12.2 Å². The second kappa shape index (κ2) is 32.9. The molecule has 0 fully saturated rings. The Kier molecular flexibility index (Phi) is 31.9. The third-order valence-electron chi connectivity index (χ3n) is 8.26. The Morgan fingerprint density at radius 3 is 1.61 bits per heavy atom. The van der Waals surface area contributed by atoms with E-state index >= 15 is 0 Å². The first-order valence-corrected chi connectivity index (χ1v) is 18.4. The third kappa shape index (κ3) is 29.3. The maximum Gasteiger partial charge on any atom is 0.306 e. The first kappa shape index (κ1) is 42.6. The number of allylic oxidation sites excluding steroid dienone is 1. The Labute approximate surface area is 270 Å². The SMILES string of the molecule is CCCCC/C=C\C[C@H](O)[C@@H](O)CCCCCCCC(=O)O[C@@H](CO)COC(=O)CCCCCCCCCCCCCCC. The van der Waals surface area contributed by atoms with Crippen molar-refractivity contribution in [1.82, 2.24) is 0 Å². The molecule has 0 aromatic carbocycles. The normalized spacial score (nSPS) is 13.7. The number of carbonyl (C=O) groups excluding carboxylic acids is 2. The molecule has 0 aliphatic rings. The van der Waals surface area contributed by atoms with Crippen molar-refractivity contribution in [3.8, 4) is 0 Å². The zero-order chi connectivity index (χ0) is 32.5. The van der Waals surface area contributed by atoms with Gasteiger partial charge in [0.15, 0.2) is 6.10 Å². The zero-order valence-electron chi connectivity index (χ0n) is 28.7. The highest BCUT2D eigenvalue weighted by molar-refractivity contribution is 5.70. The van der Waals surface area contributed by atoms with E-state index in [4.69, 9.17) is 9.47 Å². The van der Waals surface area contributed by atoms with Gasteiger partial charge in [-0.3, -0.25) is 9.59 Å². The summed E-state index contributed by atoms with van der Waals surface area (Å²) in [5.74, 6) is -0.697. The van der Waals surface area contributed by atoms with Gasteiger partial charge in [-0.2, -0.15) is 0 Å². The molecule has 0 aromatic heterocycles. The molecule has 0 amide bonds. The van der Waals surface area contributed by atoms with Crippen LogP contribution in [0.1, 0.15) is 181 Å². The van der Waals surface area contributed by atoms with Crippen LogP contribution in [0.2, 0.25) is 0 Å². The molecule has 0 radical (unpaired) electrons. The Hall–Kier alpha value is -1.44. The summed E-state index contributed by atoms with van der Waals surface area (Å²) < 4.78 is 10.5. The van der Waals surface area contributed by atoms with Gasteiger partial charge in [0.05, 0.1) is 18.8 Å². The minimum Gasteiger partial charge on any atom is -0.462 e. The molecule has 0 bridgehead atoms. The Balaban J connectivity index is 3.69. The van der Waals surface area contributed by atoms with Gasteiger partial charge in [-0.15, -0.1) is 0 Å². The third-order valence-corrected chi connectivity index (χ3v) is 8.26. The van der Waals surface area contributed by atoms with Crippen molar-refractivity contribution < 1.29 is 34.4 Å². The number of hydrogen-bond acceptors (Lipinski definition) is 7. The summed E-state index contributed by atoms with van der Waals surface area (Å²) in [7, 11) is 0. The lowest BCUT2D eigenvalue weighted by atomic mass is 10.0. The van der Waals surface area contributed by atoms with Crippen LogP contribution < -0.4 is 0 Å². The maximum absolute atomic E-state index is 12.1. The fourth-order valence-corrected chi connectivity index (χ4v) is 5.28. The van der Waals surface area contributed by atoms with E-state index in [9.17, 15) is 24.9 Å². The lowest BCUT2D eigenvalue weighted by Crippen LogP contribution is -2.28. The smallest absolute Gasteiger partial charge is 0.306 e. The largest absolute Gasteiger partial charge is 0.462 e. The maximum atomic E-state index is 12.1. The van der Waals surface area contributed by atoms with E-state index in [0.717, 1.165) is 51.4 Å². The highest BCUT2D eigenvalue weighted by atomic mass is 16.6. The summed E-state index contributed by atoms with van der Waals surface area (Å²) in [5.41, 5.74) is 0. The standard InChI is InChI=1S/C37H70O7/c1-3-5-7-9-11-12-13-14-15-16-17-21-25-29-36(41)43-32-33(31-38)44-37(42)30-26-22-18-20-24-28-35(40)34(39)27-23-19-10-8-6-4-2/h19,23,33-35,38-40H,3-18,20-22,24-32H2,1-2H3/b23-19-/t33-,34-,35-/m0/s1. The van der Waals surface area contributed by atoms with Crippen molar-refractivity contribution in [2.24, 2.45) is 0 Å². The zero-order valence-corrected chi connectivity index (χ0v) is 28.7. The molecule has 260 valence electrons. The van der Waals surface area contributed by atoms with E-state index in [0.29, 0.717) is 25.7 Å². The molecule has 0 spiro atoms. The molecular weight excluding hydrogens is 556 g/mol. The summed E-state index contributed by atoms with van der Waals surface area (Å²) in [4.78, 5) is 24.2. The van der Waals surface area contributed by atoms with Crippen LogP contribution in [0, 0.1) is 0 Å². The van der Waals surface area contributed by atoms with Crippen LogP contribution in [0.4, 0.5) is 0 Å². The van der Waals surface area contributed by atoms with E-state index in [2.05, 4.69) is 19.9 Å². The number of unbranched alkanes of at least 4 members (excludes halogenated alkanes) is 19. The monoisotopic (exact) mass is 627 g/mol. The summed E-state index contributed by atoms with van der Waals surface area (Å²) in [5, 5.41) is 29.8. The van der Waals surface area contributed by atoms with Crippen molar-refractivity contribution in [2.75, 3.05) is 13.2 Å². The van der Waals surface area contributed by atoms with Crippen LogP contribution in [0.3, 0.4) is 0 Å². The van der Waals surface area contributed by atoms with Crippen molar-refractivity contribution in [3.05, 3.63) is 12.2 Å². The summed E-state index contributed by atoms with van der Waals surface area (Å²) in [6, 6.07) is 0. The van der Waals surface area contributed by atoms with Crippen LogP contribution in [0.25, 0.3) is 0 Å². The molecule has 3 N–H and O–H groups in total. The average molecular weight is 627 g/mol. The predicted molar refractivity (Wildman–Crippen MR) is 180 cm³/mol. The molecule has 0 heterocycles. The van der Waals surface area contributed by atoms with E-state index in [-0.39, 0.29) is 25.6 Å². The fourth-order valence-electron chi connectivity index (χ4n) is 5.28. The van der Waals surface area contributed by atoms with Gasteiger partial charge in [0.2, 0.25) is 0 Å². The number of esters is 2.